The van der Waals surface area contributed by atoms with E-state index in [9.17, 15) is 9.18 Å². The number of nitrogens with zero attached hydrogens (tertiary/aromatic N) is 1. The van der Waals surface area contributed by atoms with E-state index in [-0.39, 0.29) is 23.0 Å². The summed E-state index contributed by atoms with van der Waals surface area (Å²) in [5.41, 5.74) is 0.767. The molecule has 0 unspecified atom stereocenters. The molecular formula is C14H8FNO4. The molecule has 0 fully saturated rings. The fraction of sp³-hybridized carbons (Fsp3) is 0. The Balaban J connectivity index is 1.97. The average Bonchev–Trinajstić information content (AvgIpc) is 2.82. The number of carbonyl (C=O) groups is 1. The smallest absolute Gasteiger partial charge is 0.400 e. The Labute approximate surface area is 112 Å². The highest BCUT2D eigenvalue weighted by atomic mass is 19.1. The van der Waals surface area contributed by atoms with Gasteiger partial charge in [0.2, 0.25) is 0 Å². The first kappa shape index (κ1) is 12.2. The van der Waals surface area contributed by atoms with Crippen LogP contribution in [0.1, 0.15) is 10.4 Å². The van der Waals surface area contributed by atoms with Crippen molar-refractivity contribution >= 4 is 17.1 Å². The van der Waals surface area contributed by atoms with Crippen LogP contribution >= 0.6 is 0 Å². The lowest BCUT2D eigenvalue weighted by Crippen LogP contribution is -1.94. The number of hydrogen-bond donors (Lipinski definition) is 1. The number of carboxylic acids is 1. The lowest BCUT2D eigenvalue weighted by atomic mass is 10.2. The summed E-state index contributed by atoms with van der Waals surface area (Å²) in [5.74, 6) is -1.63. The third-order valence-electron chi connectivity index (χ3n) is 2.65. The summed E-state index contributed by atoms with van der Waals surface area (Å²) >= 11 is 0. The molecule has 20 heavy (non-hydrogen) atoms. The minimum absolute atomic E-state index is 0.0162. The average molecular weight is 273 g/mol. The van der Waals surface area contributed by atoms with Gasteiger partial charge in [-0.25, -0.2) is 9.18 Å². The van der Waals surface area contributed by atoms with Gasteiger partial charge in [0, 0.05) is 0 Å². The predicted molar refractivity (Wildman–Crippen MR) is 67.4 cm³/mol. The van der Waals surface area contributed by atoms with Crippen molar-refractivity contribution < 1.29 is 23.4 Å². The summed E-state index contributed by atoms with van der Waals surface area (Å²) in [4.78, 5) is 14.8. The predicted octanol–water partition coefficient (Wildman–Crippen LogP) is 3.46. The molecule has 0 atom stereocenters. The summed E-state index contributed by atoms with van der Waals surface area (Å²) in [6.45, 7) is 0. The van der Waals surface area contributed by atoms with E-state index in [4.69, 9.17) is 14.3 Å². The highest BCUT2D eigenvalue weighted by Crippen LogP contribution is 2.27. The number of fused-ring (bicyclic) bond motifs is 1. The number of aromatic carboxylic acids is 1. The molecule has 0 aliphatic rings. The van der Waals surface area contributed by atoms with E-state index in [1.807, 2.05) is 0 Å². The van der Waals surface area contributed by atoms with Crippen LogP contribution in [0.15, 0.2) is 46.9 Å². The third-order valence-corrected chi connectivity index (χ3v) is 2.65. The zero-order valence-corrected chi connectivity index (χ0v) is 10.0. The Kier molecular flexibility index (Phi) is 2.83. The van der Waals surface area contributed by atoms with Crippen molar-refractivity contribution in [3.05, 3.63) is 53.8 Å². The van der Waals surface area contributed by atoms with Crippen LogP contribution in [0, 0.1) is 5.82 Å². The monoisotopic (exact) mass is 273 g/mol. The van der Waals surface area contributed by atoms with Gasteiger partial charge in [-0.3, -0.25) is 0 Å². The van der Waals surface area contributed by atoms with Gasteiger partial charge in [0.15, 0.2) is 17.1 Å². The number of hydrogen-bond acceptors (Lipinski definition) is 4. The summed E-state index contributed by atoms with van der Waals surface area (Å²) in [5, 5.41) is 8.88. The summed E-state index contributed by atoms with van der Waals surface area (Å²) in [7, 11) is 0. The van der Waals surface area contributed by atoms with Crippen molar-refractivity contribution in [1.29, 1.82) is 0 Å². The van der Waals surface area contributed by atoms with Gasteiger partial charge in [0.1, 0.15) is 5.52 Å². The maximum atomic E-state index is 13.4. The molecule has 0 radical (unpaired) electrons. The molecule has 0 bridgehead atoms. The molecule has 3 rings (SSSR count). The Bertz CT molecular complexity index is 797. The van der Waals surface area contributed by atoms with Crippen LogP contribution in [0.25, 0.3) is 11.1 Å². The molecule has 5 nitrogen and oxygen atoms in total. The summed E-state index contributed by atoms with van der Waals surface area (Å²) < 4.78 is 23.9. The maximum absolute atomic E-state index is 13.4. The summed E-state index contributed by atoms with van der Waals surface area (Å²) in [6, 6.07) is 10.1. The highest BCUT2D eigenvalue weighted by Gasteiger charge is 2.12. The molecule has 0 spiro atoms. The standard InChI is InChI=1S/C14H8FNO4/c15-9-3-1-2-4-11(9)19-14-16-10-6-5-8(13(17)18)7-12(10)20-14/h1-7H,(H,17,18). The molecule has 1 heterocycles. The van der Waals surface area contributed by atoms with Crippen LogP contribution in [-0.2, 0) is 0 Å². The first-order valence-corrected chi connectivity index (χ1v) is 5.70. The Morgan fingerprint density at radius 3 is 2.80 bits per heavy atom. The molecule has 1 aromatic heterocycles. The molecule has 0 aliphatic carbocycles. The molecule has 1 N–H and O–H groups in total. The van der Waals surface area contributed by atoms with Crippen LogP contribution in [-0.4, -0.2) is 16.1 Å². The first-order chi connectivity index (χ1) is 9.63. The van der Waals surface area contributed by atoms with E-state index in [1.165, 1.54) is 36.4 Å². The van der Waals surface area contributed by atoms with Crippen molar-refractivity contribution in [3.8, 4) is 11.8 Å². The fourth-order valence-corrected chi connectivity index (χ4v) is 1.70. The Morgan fingerprint density at radius 2 is 2.05 bits per heavy atom. The van der Waals surface area contributed by atoms with Gasteiger partial charge in [0.25, 0.3) is 0 Å². The van der Waals surface area contributed by atoms with E-state index < -0.39 is 11.8 Å². The van der Waals surface area contributed by atoms with Crippen LogP contribution in [0.3, 0.4) is 0 Å². The Hall–Kier alpha value is -2.89. The molecular weight excluding hydrogens is 265 g/mol. The number of para-hydroxylation sites is 1. The number of aromatic nitrogens is 1. The van der Waals surface area contributed by atoms with Crippen LogP contribution < -0.4 is 4.74 Å². The molecule has 0 aliphatic heterocycles. The first-order valence-electron chi connectivity index (χ1n) is 5.70. The van der Waals surface area contributed by atoms with Gasteiger partial charge in [-0.15, -0.1) is 0 Å². The van der Waals surface area contributed by atoms with Crippen molar-refractivity contribution in [2.45, 2.75) is 0 Å². The number of rotatable bonds is 3. The van der Waals surface area contributed by atoms with Crippen molar-refractivity contribution in [1.82, 2.24) is 4.98 Å². The number of ether oxygens (including phenoxy) is 1. The molecule has 6 heteroatoms. The fourth-order valence-electron chi connectivity index (χ4n) is 1.70. The zero-order chi connectivity index (χ0) is 14.1. The molecule has 3 aromatic rings. The van der Waals surface area contributed by atoms with Gasteiger partial charge in [0.05, 0.1) is 5.56 Å². The second kappa shape index (κ2) is 4.65. The van der Waals surface area contributed by atoms with Gasteiger partial charge in [-0.05, 0) is 30.3 Å². The quantitative estimate of drug-likeness (QED) is 0.791. The minimum Gasteiger partial charge on any atom is -0.478 e. The maximum Gasteiger partial charge on any atom is 0.400 e. The topological polar surface area (TPSA) is 72.6 Å². The van der Waals surface area contributed by atoms with Gasteiger partial charge in [-0.1, -0.05) is 12.1 Å². The highest BCUT2D eigenvalue weighted by molar-refractivity contribution is 5.91. The van der Waals surface area contributed by atoms with E-state index in [2.05, 4.69) is 4.98 Å². The van der Waals surface area contributed by atoms with Crippen molar-refractivity contribution in [2.75, 3.05) is 0 Å². The number of halogens is 1. The number of benzene rings is 2. The minimum atomic E-state index is -1.07. The lowest BCUT2D eigenvalue weighted by Gasteiger charge is -2.00. The van der Waals surface area contributed by atoms with Crippen molar-refractivity contribution in [2.24, 2.45) is 0 Å². The normalized spacial score (nSPS) is 10.7. The number of oxazole rings is 1. The van der Waals surface area contributed by atoms with Gasteiger partial charge in [-0.2, -0.15) is 4.98 Å². The van der Waals surface area contributed by atoms with E-state index >= 15 is 0 Å². The van der Waals surface area contributed by atoms with Gasteiger partial charge >= 0.3 is 12.0 Å². The largest absolute Gasteiger partial charge is 0.478 e. The molecule has 0 saturated carbocycles. The molecule has 0 amide bonds. The third kappa shape index (κ3) is 2.18. The Morgan fingerprint density at radius 1 is 1.25 bits per heavy atom. The molecule has 100 valence electrons. The van der Waals surface area contributed by atoms with Gasteiger partial charge < -0.3 is 14.3 Å². The van der Waals surface area contributed by atoms with Crippen LogP contribution in [0.4, 0.5) is 4.39 Å². The van der Waals surface area contributed by atoms with Crippen LogP contribution in [0.5, 0.6) is 11.8 Å². The van der Waals surface area contributed by atoms with E-state index in [0.29, 0.717) is 5.52 Å². The second-order valence-electron chi connectivity index (χ2n) is 4.00. The number of carboxylic acid groups (broad SMARTS) is 1. The lowest BCUT2D eigenvalue weighted by molar-refractivity contribution is 0.0697. The molecule has 0 saturated heterocycles. The van der Waals surface area contributed by atoms with E-state index in [0.717, 1.165) is 0 Å². The van der Waals surface area contributed by atoms with Crippen LogP contribution in [0.2, 0.25) is 0 Å². The van der Waals surface area contributed by atoms with Crippen molar-refractivity contribution in [3.63, 3.8) is 0 Å². The molecule has 2 aromatic carbocycles. The second-order valence-corrected chi connectivity index (χ2v) is 4.00. The zero-order valence-electron chi connectivity index (χ0n) is 10.0. The van der Waals surface area contributed by atoms with E-state index in [1.54, 1.807) is 6.07 Å². The SMILES string of the molecule is O=C(O)c1ccc2nc(Oc3ccccc3F)oc2c1. The summed E-state index contributed by atoms with van der Waals surface area (Å²) in [6.07, 6.45) is -0.146.